The van der Waals surface area contributed by atoms with Crippen LogP contribution in [0.1, 0.15) is 30.0 Å². The molecule has 0 bridgehead atoms. The summed E-state index contributed by atoms with van der Waals surface area (Å²) in [6, 6.07) is 17.2. The number of hydrogen-bond acceptors (Lipinski definition) is 4. The Balaban J connectivity index is 1.39. The number of ether oxygens (including phenoxy) is 1. The average Bonchev–Trinajstić information content (AvgIpc) is 2.73. The molecule has 5 heteroatoms. The zero-order valence-electron chi connectivity index (χ0n) is 15.9. The Morgan fingerprint density at radius 3 is 2.44 bits per heavy atom. The number of carbonyl (C=O) groups is 1. The highest BCUT2D eigenvalue weighted by Crippen LogP contribution is 2.20. The Bertz CT molecular complexity index is 710. The maximum atomic E-state index is 12.3. The van der Waals surface area contributed by atoms with E-state index >= 15 is 0 Å². The van der Waals surface area contributed by atoms with E-state index < -0.39 is 6.04 Å². The Labute approximate surface area is 161 Å². The van der Waals surface area contributed by atoms with Crippen LogP contribution in [0.4, 0.5) is 0 Å². The lowest BCUT2D eigenvalue weighted by Gasteiger charge is -2.32. The van der Waals surface area contributed by atoms with E-state index in [4.69, 9.17) is 10.5 Å². The van der Waals surface area contributed by atoms with Crippen LogP contribution in [0.2, 0.25) is 0 Å². The van der Waals surface area contributed by atoms with E-state index in [9.17, 15) is 4.79 Å². The molecule has 1 aliphatic heterocycles. The third-order valence-corrected chi connectivity index (χ3v) is 5.28. The maximum Gasteiger partial charge on any atom is 0.241 e. The molecule has 0 spiro atoms. The number of benzene rings is 2. The fourth-order valence-electron chi connectivity index (χ4n) is 3.50. The summed E-state index contributed by atoms with van der Waals surface area (Å²) in [5.74, 6) is 1.31. The van der Waals surface area contributed by atoms with Gasteiger partial charge in [0.15, 0.2) is 0 Å². The number of hydrogen-bond donors (Lipinski definition) is 2. The first-order chi connectivity index (χ1) is 13.2. The van der Waals surface area contributed by atoms with Crippen LogP contribution in [-0.2, 0) is 11.3 Å². The first-order valence-corrected chi connectivity index (χ1v) is 9.59. The van der Waals surface area contributed by atoms with Crippen molar-refractivity contribution >= 4 is 5.91 Å². The summed E-state index contributed by atoms with van der Waals surface area (Å²) in [5, 5.41) is 3.03. The minimum Gasteiger partial charge on any atom is -0.497 e. The van der Waals surface area contributed by atoms with Crippen LogP contribution in [0.5, 0.6) is 5.75 Å². The van der Waals surface area contributed by atoms with E-state index in [0.29, 0.717) is 12.5 Å². The second-order valence-corrected chi connectivity index (χ2v) is 7.20. The zero-order chi connectivity index (χ0) is 19.1. The Kier molecular flexibility index (Phi) is 6.85. The van der Waals surface area contributed by atoms with Gasteiger partial charge < -0.3 is 15.8 Å². The molecule has 0 radical (unpaired) electrons. The standard InChI is InChI=1S/C22H29N3O2/c1-27-20-9-7-18(8-10-20)16-25-13-11-17(12-14-25)15-24-22(26)21(23)19-5-3-2-4-6-19/h2-10,17,21H,11-16,23H2,1H3,(H,24,26). The van der Waals surface area contributed by atoms with Crippen molar-refractivity contribution in [3.63, 3.8) is 0 Å². The zero-order valence-corrected chi connectivity index (χ0v) is 15.9. The lowest BCUT2D eigenvalue weighted by atomic mass is 9.96. The predicted molar refractivity (Wildman–Crippen MR) is 107 cm³/mol. The van der Waals surface area contributed by atoms with Crippen molar-refractivity contribution in [1.82, 2.24) is 10.2 Å². The van der Waals surface area contributed by atoms with Crippen molar-refractivity contribution in [2.24, 2.45) is 11.7 Å². The van der Waals surface area contributed by atoms with Crippen LogP contribution in [0.3, 0.4) is 0 Å². The van der Waals surface area contributed by atoms with E-state index in [1.807, 2.05) is 42.5 Å². The Morgan fingerprint density at radius 1 is 1.15 bits per heavy atom. The molecule has 1 atom stereocenters. The summed E-state index contributed by atoms with van der Waals surface area (Å²) in [6.07, 6.45) is 2.19. The SMILES string of the molecule is COc1ccc(CN2CCC(CNC(=O)C(N)c3ccccc3)CC2)cc1. The highest BCUT2D eigenvalue weighted by Gasteiger charge is 2.21. The van der Waals surface area contributed by atoms with Gasteiger partial charge in [-0.25, -0.2) is 0 Å². The molecule has 27 heavy (non-hydrogen) atoms. The monoisotopic (exact) mass is 367 g/mol. The van der Waals surface area contributed by atoms with Crippen molar-refractivity contribution < 1.29 is 9.53 Å². The van der Waals surface area contributed by atoms with Crippen LogP contribution >= 0.6 is 0 Å². The molecule has 1 heterocycles. The topological polar surface area (TPSA) is 67.6 Å². The number of carbonyl (C=O) groups excluding carboxylic acids is 1. The van der Waals surface area contributed by atoms with Crippen LogP contribution < -0.4 is 15.8 Å². The van der Waals surface area contributed by atoms with Gasteiger partial charge in [0.1, 0.15) is 11.8 Å². The van der Waals surface area contributed by atoms with E-state index in [1.54, 1.807) is 7.11 Å². The summed E-state index contributed by atoms with van der Waals surface area (Å²) in [4.78, 5) is 14.8. The Morgan fingerprint density at radius 2 is 1.81 bits per heavy atom. The van der Waals surface area contributed by atoms with Gasteiger partial charge in [0.2, 0.25) is 5.91 Å². The number of piperidine rings is 1. The first kappa shape index (κ1) is 19.4. The van der Waals surface area contributed by atoms with Crippen LogP contribution in [-0.4, -0.2) is 37.6 Å². The average molecular weight is 367 g/mol. The minimum atomic E-state index is -0.596. The van der Waals surface area contributed by atoms with E-state index in [0.717, 1.165) is 43.8 Å². The molecule has 0 aromatic heterocycles. The first-order valence-electron chi connectivity index (χ1n) is 9.59. The van der Waals surface area contributed by atoms with Gasteiger partial charge in [-0.15, -0.1) is 0 Å². The molecule has 1 amide bonds. The highest BCUT2D eigenvalue weighted by atomic mass is 16.5. The number of rotatable bonds is 7. The van der Waals surface area contributed by atoms with Gasteiger partial charge in [0, 0.05) is 13.1 Å². The van der Waals surface area contributed by atoms with Gasteiger partial charge in [-0.3, -0.25) is 9.69 Å². The predicted octanol–water partition coefficient (Wildman–Crippen LogP) is 2.72. The van der Waals surface area contributed by atoms with Crippen LogP contribution in [0.15, 0.2) is 54.6 Å². The quantitative estimate of drug-likeness (QED) is 0.790. The second kappa shape index (κ2) is 9.53. The van der Waals surface area contributed by atoms with Crippen molar-refractivity contribution in [2.45, 2.75) is 25.4 Å². The van der Waals surface area contributed by atoms with E-state index in [2.05, 4.69) is 22.3 Å². The normalized spacial score (nSPS) is 16.7. The number of nitrogens with zero attached hydrogens (tertiary/aromatic N) is 1. The van der Waals surface area contributed by atoms with Crippen molar-refractivity contribution in [1.29, 1.82) is 0 Å². The molecule has 1 saturated heterocycles. The molecule has 1 aliphatic rings. The van der Waals surface area contributed by atoms with Gasteiger partial charge in [-0.2, -0.15) is 0 Å². The molecule has 0 saturated carbocycles. The molecular formula is C22H29N3O2. The lowest BCUT2D eigenvalue weighted by molar-refractivity contribution is -0.122. The summed E-state index contributed by atoms with van der Waals surface area (Å²) in [7, 11) is 1.69. The minimum absolute atomic E-state index is 0.0955. The molecule has 0 aliphatic carbocycles. The molecule has 3 rings (SSSR count). The molecule has 5 nitrogen and oxygen atoms in total. The van der Waals surface area contributed by atoms with E-state index in [-0.39, 0.29) is 5.91 Å². The third-order valence-electron chi connectivity index (χ3n) is 5.28. The molecule has 2 aromatic carbocycles. The lowest BCUT2D eigenvalue weighted by Crippen LogP contribution is -2.41. The van der Waals surface area contributed by atoms with E-state index in [1.165, 1.54) is 5.56 Å². The number of amides is 1. The molecule has 3 N–H and O–H groups in total. The van der Waals surface area contributed by atoms with Gasteiger partial charge >= 0.3 is 0 Å². The van der Waals surface area contributed by atoms with Crippen molar-refractivity contribution in [3.8, 4) is 5.75 Å². The largest absolute Gasteiger partial charge is 0.497 e. The summed E-state index contributed by atoms with van der Waals surface area (Å²) in [5.41, 5.74) is 8.21. The summed E-state index contributed by atoms with van der Waals surface area (Å²) >= 11 is 0. The number of nitrogens with two attached hydrogens (primary N) is 1. The van der Waals surface area contributed by atoms with Gasteiger partial charge in [-0.05, 0) is 55.1 Å². The van der Waals surface area contributed by atoms with Gasteiger partial charge in [0.25, 0.3) is 0 Å². The smallest absolute Gasteiger partial charge is 0.241 e. The van der Waals surface area contributed by atoms with Crippen molar-refractivity contribution in [2.75, 3.05) is 26.7 Å². The molecule has 1 fully saturated rings. The van der Waals surface area contributed by atoms with Crippen LogP contribution in [0.25, 0.3) is 0 Å². The summed E-state index contributed by atoms with van der Waals surface area (Å²) in [6.45, 7) is 3.77. The summed E-state index contributed by atoms with van der Waals surface area (Å²) < 4.78 is 5.21. The van der Waals surface area contributed by atoms with Gasteiger partial charge in [0.05, 0.1) is 7.11 Å². The molecule has 144 valence electrons. The number of likely N-dealkylation sites (tertiary alicyclic amines) is 1. The van der Waals surface area contributed by atoms with Crippen molar-refractivity contribution in [3.05, 3.63) is 65.7 Å². The Hall–Kier alpha value is -2.37. The fourth-order valence-corrected chi connectivity index (χ4v) is 3.50. The molecular weight excluding hydrogens is 338 g/mol. The second-order valence-electron chi connectivity index (χ2n) is 7.20. The molecule has 1 unspecified atom stereocenters. The maximum absolute atomic E-state index is 12.3. The fraction of sp³-hybridized carbons (Fsp3) is 0.409. The third kappa shape index (κ3) is 5.55. The molecule has 2 aromatic rings. The van der Waals surface area contributed by atoms with Crippen LogP contribution in [0, 0.1) is 5.92 Å². The van der Waals surface area contributed by atoms with Gasteiger partial charge in [-0.1, -0.05) is 42.5 Å². The highest BCUT2D eigenvalue weighted by molar-refractivity contribution is 5.82. The number of nitrogens with one attached hydrogen (secondary N) is 1. The number of methoxy groups -OCH3 is 1.